The van der Waals surface area contributed by atoms with Gasteiger partial charge in [-0.2, -0.15) is 0 Å². The first-order chi connectivity index (χ1) is 8.28. The molecule has 3 heteroatoms. The lowest BCUT2D eigenvalue weighted by molar-refractivity contribution is 0.0787. The number of para-hydroxylation sites is 1. The number of carbonyl (C=O) groups is 1. The van der Waals surface area contributed by atoms with Gasteiger partial charge in [-0.3, -0.25) is 5.32 Å². The molecule has 3 rings (SSSR count). The molecule has 0 aromatic heterocycles. The van der Waals surface area contributed by atoms with Crippen LogP contribution in [0.2, 0.25) is 0 Å². The molecule has 0 radical (unpaired) electrons. The number of benzene rings is 1. The van der Waals surface area contributed by atoms with Crippen molar-refractivity contribution in [3.63, 3.8) is 0 Å². The van der Waals surface area contributed by atoms with Gasteiger partial charge in [0, 0.05) is 11.1 Å². The Morgan fingerprint density at radius 3 is 2.71 bits per heavy atom. The molecule has 90 valence electrons. The van der Waals surface area contributed by atoms with Gasteiger partial charge in [0.05, 0.1) is 0 Å². The molecular weight excluding hydrogens is 214 g/mol. The average molecular weight is 231 g/mol. The molecule has 1 spiro atoms. The summed E-state index contributed by atoms with van der Waals surface area (Å²) < 4.78 is 5.54. The fraction of sp³-hybridized carbons (Fsp3) is 0.500. The Labute approximate surface area is 101 Å². The molecule has 2 saturated carbocycles. The van der Waals surface area contributed by atoms with Gasteiger partial charge in [0.2, 0.25) is 0 Å². The normalized spacial score (nSPS) is 24.6. The van der Waals surface area contributed by atoms with Crippen molar-refractivity contribution in [2.75, 3.05) is 5.32 Å². The quantitative estimate of drug-likeness (QED) is 0.845. The van der Waals surface area contributed by atoms with Crippen LogP contribution in [0.3, 0.4) is 0 Å². The van der Waals surface area contributed by atoms with E-state index in [4.69, 9.17) is 4.74 Å². The van der Waals surface area contributed by atoms with Crippen molar-refractivity contribution in [3.05, 3.63) is 30.3 Å². The van der Waals surface area contributed by atoms with Crippen LogP contribution in [0.15, 0.2) is 30.3 Å². The predicted molar refractivity (Wildman–Crippen MR) is 65.9 cm³/mol. The van der Waals surface area contributed by atoms with Crippen LogP contribution in [-0.4, -0.2) is 12.2 Å². The van der Waals surface area contributed by atoms with Gasteiger partial charge in [-0.25, -0.2) is 4.79 Å². The predicted octanol–water partition coefficient (Wildman–Crippen LogP) is 3.57. The number of rotatable bonds is 2. The summed E-state index contributed by atoms with van der Waals surface area (Å²) in [4.78, 5) is 11.8. The molecule has 1 aromatic carbocycles. The SMILES string of the molecule is O=C(Nc1ccccc1)OC1CCCC12CC2. The summed E-state index contributed by atoms with van der Waals surface area (Å²) in [7, 11) is 0. The first-order valence-electron chi connectivity index (χ1n) is 6.31. The van der Waals surface area contributed by atoms with Gasteiger partial charge < -0.3 is 4.74 Å². The number of ether oxygens (including phenoxy) is 1. The van der Waals surface area contributed by atoms with Gasteiger partial charge in [0.15, 0.2) is 0 Å². The van der Waals surface area contributed by atoms with Crippen LogP contribution in [0.25, 0.3) is 0 Å². The van der Waals surface area contributed by atoms with E-state index in [1.807, 2.05) is 30.3 Å². The molecule has 1 N–H and O–H groups in total. The first-order valence-corrected chi connectivity index (χ1v) is 6.31. The number of hydrogen-bond acceptors (Lipinski definition) is 2. The molecule has 1 aromatic rings. The highest BCUT2D eigenvalue weighted by atomic mass is 16.6. The van der Waals surface area contributed by atoms with Crippen LogP contribution >= 0.6 is 0 Å². The Balaban J connectivity index is 1.57. The molecule has 1 amide bonds. The van der Waals surface area contributed by atoms with E-state index in [0.29, 0.717) is 5.41 Å². The Morgan fingerprint density at radius 1 is 1.24 bits per heavy atom. The molecule has 2 aliphatic rings. The molecule has 0 bridgehead atoms. The van der Waals surface area contributed by atoms with Crippen molar-refractivity contribution in [1.82, 2.24) is 0 Å². The Bertz CT molecular complexity index is 411. The minimum Gasteiger partial charge on any atom is -0.445 e. The van der Waals surface area contributed by atoms with Crippen molar-refractivity contribution >= 4 is 11.8 Å². The van der Waals surface area contributed by atoms with E-state index in [2.05, 4.69) is 5.32 Å². The molecule has 0 aliphatic heterocycles. The fourth-order valence-electron chi connectivity index (χ4n) is 2.82. The van der Waals surface area contributed by atoms with Crippen molar-refractivity contribution < 1.29 is 9.53 Å². The van der Waals surface area contributed by atoms with E-state index in [-0.39, 0.29) is 12.2 Å². The van der Waals surface area contributed by atoms with Gasteiger partial charge in [0.1, 0.15) is 6.10 Å². The molecule has 2 aliphatic carbocycles. The number of hydrogen-bond donors (Lipinski definition) is 1. The second-order valence-corrected chi connectivity index (χ2v) is 5.14. The number of anilines is 1. The first kappa shape index (κ1) is 10.6. The van der Waals surface area contributed by atoms with Crippen molar-refractivity contribution in [3.8, 4) is 0 Å². The Morgan fingerprint density at radius 2 is 2.00 bits per heavy atom. The summed E-state index contributed by atoms with van der Waals surface area (Å²) in [5.74, 6) is 0. The maximum Gasteiger partial charge on any atom is 0.411 e. The fourth-order valence-corrected chi connectivity index (χ4v) is 2.82. The van der Waals surface area contributed by atoms with E-state index in [1.165, 1.54) is 25.7 Å². The van der Waals surface area contributed by atoms with E-state index in [1.54, 1.807) is 0 Å². The van der Waals surface area contributed by atoms with Crippen LogP contribution in [0.4, 0.5) is 10.5 Å². The standard InChI is InChI=1S/C14H17NO2/c16-13(15-11-5-2-1-3-6-11)17-12-7-4-8-14(12)9-10-14/h1-3,5-6,12H,4,7-10H2,(H,15,16). The summed E-state index contributed by atoms with van der Waals surface area (Å²) in [5, 5.41) is 2.77. The second kappa shape index (κ2) is 4.06. The van der Waals surface area contributed by atoms with Crippen LogP contribution in [0, 0.1) is 5.41 Å². The smallest absolute Gasteiger partial charge is 0.411 e. The highest BCUT2D eigenvalue weighted by Gasteiger charge is 2.54. The molecule has 0 heterocycles. The minimum atomic E-state index is -0.311. The van der Waals surface area contributed by atoms with Crippen molar-refractivity contribution in [1.29, 1.82) is 0 Å². The summed E-state index contributed by atoms with van der Waals surface area (Å²) in [6.07, 6.45) is 5.76. The molecule has 0 saturated heterocycles. The third-order valence-electron chi connectivity index (χ3n) is 3.99. The maximum absolute atomic E-state index is 11.8. The third kappa shape index (κ3) is 2.14. The van der Waals surface area contributed by atoms with E-state index >= 15 is 0 Å². The summed E-state index contributed by atoms with van der Waals surface area (Å²) in [6.45, 7) is 0. The van der Waals surface area contributed by atoms with E-state index in [0.717, 1.165) is 12.1 Å². The topological polar surface area (TPSA) is 38.3 Å². The summed E-state index contributed by atoms with van der Waals surface area (Å²) in [5.41, 5.74) is 1.15. The monoisotopic (exact) mass is 231 g/mol. The van der Waals surface area contributed by atoms with Gasteiger partial charge in [-0.15, -0.1) is 0 Å². The van der Waals surface area contributed by atoms with Gasteiger partial charge >= 0.3 is 6.09 Å². The molecular formula is C14H17NO2. The largest absolute Gasteiger partial charge is 0.445 e. The van der Waals surface area contributed by atoms with Gasteiger partial charge in [0.25, 0.3) is 0 Å². The van der Waals surface area contributed by atoms with Crippen LogP contribution in [0.5, 0.6) is 0 Å². The molecule has 17 heavy (non-hydrogen) atoms. The summed E-state index contributed by atoms with van der Waals surface area (Å²) >= 11 is 0. The average Bonchev–Trinajstić information content (AvgIpc) is 3.00. The number of nitrogens with one attached hydrogen (secondary N) is 1. The highest BCUT2D eigenvalue weighted by Crippen LogP contribution is 2.58. The van der Waals surface area contributed by atoms with Crippen LogP contribution < -0.4 is 5.32 Å². The zero-order valence-electron chi connectivity index (χ0n) is 9.82. The Kier molecular flexibility index (Phi) is 2.54. The maximum atomic E-state index is 11.8. The van der Waals surface area contributed by atoms with Gasteiger partial charge in [-0.05, 0) is 44.2 Å². The molecule has 1 unspecified atom stereocenters. The third-order valence-corrected chi connectivity index (χ3v) is 3.99. The number of amides is 1. The lowest BCUT2D eigenvalue weighted by Gasteiger charge is -2.19. The Hall–Kier alpha value is -1.51. The molecule has 1 atom stereocenters. The van der Waals surface area contributed by atoms with Gasteiger partial charge in [-0.1, -0.05) is 18.2 Å². The zero-order valence-corrected chi connectivity index (χ0v) is 9.82. The van der Waals surface area contributed by atoms with E-state index < -0.39 is 0 Å². The van der Waals surface area contributed by atoms with Crippen molar-refractivity contribution in [2.24, 2.45) is 5.41 Å². The lowest BCUT2D eigenvalue weighted by Crippen LogP contribution is -2.26. The zero-order chi connectivity index (χ0) is 11.7. The lowest BCUT2D eigenvalue weighted by atomic mass is 10.0. The van der Waals surface area contributed by atoms with E-state index in [9.17, 15) is 4.79 Å². The van der Waals surface area contributed by atoms with Crippen molar-refractivity contribution in [2.45, 2.75) is 38.2 Å². The number of carbonyl (C=O) groups excluding carboxylic acids is 1. The van der Waals surface area contributed by atoms with Crippen LogP contribution in [0.1, 0.15) is 32.1 Å². The minimum absolute atomic E-state index is 0.145. The summed E-state index contributed by atoms with van der Waals surface area (Å²) in [6, 6.07) is 9.44. The highest BCUT2D eigenvalue weighted by molar-refractivity contribution is 5.84. The molecule has 3 nitrogen and oxygen atoms in total. The second-order valence-electron chi connectivity index (χ2n) is 5.14. The van der Waals surface area contributed by atoms with Crippen LogP contribution in [-0.2, 0) is 4.74 Å². The molecule has 2 fully saturated rings.